The SMILES string of the molecule is C=CCNC(=O)c1c(F)c(F)c(O)c(F)c1C(=O)O. The molecule has 1 aromatic rings. The third kappa shape index (κ3) is 2.51. The molecule has 5 nitrogen and oxygen atoms in total. The maximum atomic E-state index is 13.5. The molecule has 0 spiro atoms. The quantitative estimate of drug-likeness (QED) is 0.573. The molecule has 0 aliphatic rings. The predicted molar refractivity (Wildman–Crippen MR) is 57.5 cm³/mol. The van der Waals surface area contributed by atoms with E-state index in [0.29, 0.717) is 0 Å². The molecule has 0 saturated heterocycles. The number of nitrogens with one attached hydrogen (secondary N) is 1. The number of carboxylic acid groups (broad SMARTS) is 1. The van der Waals surface area contributed by atoms with E-state index in [2.05, 4.69) is 6.58 Å². The zero-order chi connectivity index (χ0) is 14.7. The van der Waals surface area contributed by atoms with Gasteiger partial charge in [-0.1, -0.05) is 6.08 Å². The lowest BCUT2D eigenvalue weighted by atomic mass is 10.0. The van der Waals surface area contributed by atoms with Crippen molar-refractivity contribution in [3.05, 3.63) is 41.2 Å². The summed E-state index contributed by atoms with van der Waals surface area (Å²) in [5.74, 6) is -11.1. The van der Waals surface area contributed by atoms with E-state index >= 15 is 0 Å². The number of carbonyl (C=O) groups is 2. The van der Waals surface area contributed by atoms with Crippen molar-refractivity contribution < 1.29 is 33.0 Å². The molecule has 0 aromatic heterocycles. The number of halogens is 3. The van der Waals surface area contributed by atoms with Gasteiger partial charge in [0.15, 0.2) is 17.4 Å². The van der Waals surface area contributed by atoms with Crippen molar-refractivity contribution in [1.82, 2.24) is 5.32 Å². The molecule has 0 fully saturated rings. The molecule has 19 heavy (non-hydrogen) atoms. The van der Waals surface area contributed by atoms with Crippen LogP contribution in [0.4, 0.5) is 13.2 Å². The summed E-state index contributed by atoms with van der Waals surface area (Å²) in [7, 11) is 0. The number of aromatic carboxylic acids is 1. The molecule has 0 heterocycles. The fraction of sp³-hybridized carbons (Fsp3) is 0.0909. The van der Waals surface area contributed by atoms with Crippen LogP contribution in [-0.2, 0) is 0 Å². The van der Waals surface area contributed by atoms with Gasteiger partial charge in [0.1, 0.15) is 5.56 Å². The Morgan fingerprint density at radius 2 is 1.74 bits per heavy atom. The highest BCUT2D eigenvalue weighted by atomic mass is 19.2. The second-order valence-electron chi connectivity index (χ2n) is 3.34. The van der Waals surface area contributed by atoms with Crippen molar-refractivity contribution in [2.75, 3.05) is 6.54 Å². The molecule has 8 heteroatoms. The van der Waals surface area contributed by atoms with Gasteiger partial charge in [0.05, 0.1) is 5.56 Å². The molecule has 0 aliphatic carbocycles. The van der Waals surface area contributed by atoms with Gasteiger partial charge < -0.3 is 15.5 Å². The minimum atomic E-state index is -2.04. The summed E-state index contributed by atoms with van der Waals surface area (Å²) in [4.78, 5) is 22.3. The standard InChI is InChI=1S/C11H8F3NO4/c1-2-3-15-10(17)4-5(11(18)19)7(13)9(16)8(14)6(4)12/h2,16H,1,3H2,(H,15,17)(H,18,19). The number of benzene rings is 1. The number of phenolic OH excluding ortho intramolecular Hbond substituents is 1. The van der Waals surface area contributed by atoms with Crippen LogP contribution in [0.5, 0.6) is 5.75 Å². The average molecular weight is 275 g/mol. The van der Waals surface area contributed by atoms with Crippen LogP contribution in [0, 0.1) is 17.5 Å². The number of hydrogen-bond donors (Lipinski definition) is 3. The molecule has 1 rings (SSSR count). The van der Waals surface area contributed by atoms with Crippen molar-refractivity contribution >= 4 is 11.9 Å². The molecule has 0 radical (unpaired) electrons. The summed E-state index contributed by atoms with van der Waals surface area (Å²) in [6.45, 7) is 3.08. The van der Waals surface area contributed by atoms with Crippen LogP contribution in [-0.4, -0.2) is 28.6 Å². The van der Waals surface area contributed by atoms with E-state index in [1.54, 1.807) is 0 Å². The second-order valence-corrected chi connectivity index (χ2v) is 3.34. The van der Waals surface area contributed by atoms with Gasteiger partial charge in [0, 0.05) is 6.54 Å². The number of hydrogen-bond acceptors (Lipinski definition) is 3. The second kappa shape index (κ2) is 5.42. The molecular weight excluding hydrogens is 267 g/mol. The van der Waals surface area contributed by atoms with Crippen LogP contribution < -0.4 is 5.32 Å². The van der Waals surface area contributed by atoms with E-state index in [9.17, 15) is 22.8 Å². The highest BCUT2D eigenvalue weighted by Crippen LogP contribution is 2.29. The third-order valence-electron chi connectivity index (χ3n) is 2.15. The number of carboxylic acids is 1. The fourth-order valence-corrected chi connectivity index (χ4v) is 1.32. The lowest BCUT2D eigenvalue weighted by molar-refractivity contribution is 0.0683. The number of amides is 1. The van der Waals surface area contributed by atoms with Crippen molar-refractivity contribution in [2.24, 2.45) is 0 Å². The van der Waals surface area contributed by atoms with Gasteiger partial charge >= 0.3 is 5.97 Å². The largest absolute Gasteiger partial charge is 0.503 e. The molecule has 102 valence electrons. The summed E-state index contributed by atoms with van der Waals surface area (Å²) in [6.07, 6.45) is 1.20. The van der Waals surface area contributed by atoms with Gasteiger partial charge in [-0.3, -0.25) is 4.79 Å². The molecule has 1 amide bonds. The first-order chi connectivity index (χ1) is 8.82. The number of rotatable bonds is 4. The summed E-state index contributed by atoms with van der Waals surface area (Å²) >= 11 is 0. The van der Waals surface area contributed by atoms with Gasteiger partial charge in [-0.25, -0.2) is 13.6 Å². The number of aromatic hydroxyl groups is 1. The van der Waals surface area contributed by atoms with E-state index < -0.39 is 46.2 Å². The van der Waals surface area contributed by atoms with E-state index in [4.69, 9.17) is 10.2 Å². The maximum absolute atomic E-state index is 13.5. The molecule has 0 bridgehead atoms. The Kier molecular flexibility index (Phi) is 4.15. The predicted octanol–water partition coefficient (Wildman–Crippen LogP) is 1.42. The summed E-state index contributed by atoms with van der Waals surface area (Å²) in [5.41, 5.74) is -2.78. The fourth-order valence-electron chi connectivity index (χ4n) is 1.32. The van der Waals surface area contributed by atoms with E-state index in [0.717, 1.165) is 0 Å². The zero-order valence-corrected chi connectivity index (χ0v) is 9.34. The zero-order valence-electron chi connectivity index (χ0n) is 9.34. The Morgan fingerprint density at radius 1 is 1.16 bits per heavy atom. The molecule has 0 aliphatic heterocycles. The monoisotopic (exact) mass is 275 g/mol. The molecule has 1 aromatic carbocycles. The average Bonchev–Trinajstić information content (AvgIpc) is 2.36. The highest BCUT2D eigenvalue weighted by molar-refractivity contribution is 6.05. The van der Waals surface area contributed by atoms with Crippen molar-refractivity contribution in [1.29, 1.82) is 0 Å². The van der Waals surface area contributed by atoms with Gasteiger partial charge in [-0.05, 0) is 0 Å². The maximum Gasteiger partial charge on any atom is 0.339 e. The van der Waals surface area contributed by atoms with Gasteiger partial charge in [-0.2, -0.15) is 4.39 Å². The van der Waals surface area contributed by atoms with Crippen molar-refractivity contribution in [3.63, 3.8) is 0 Å². The third-order valence-corrected chi connectivity index (χ3v) is 2.15. The Hall–Kier alpha value is -2.51. The van der Waals surface area contributed by atoms with E-state index in [1.807, 2.05) is 5.32 Å². The Bertz CT molecular complexity index is 572. The summed E-state index contributed by atoms with van der Waals surface area (Å²) in [5, 5.41) is 19.6. The molecule has 0 saturated carbocycles. The van der Waals surface area contributed by atoms with Crippen LogP contribution in [0.1, 0.15) is 20.7 Å². The molecule has 3 N–H and O–H groups in total. The lowest BCUT2D eigenvalue weighted by Crippen LogP contribution is -2.28. The van der Waals surface area contributed by atoms with Crippen LogP contribution >= 0.6 is 0 Å². The lowest BCUT2D eigenvalue weighted by Gasteiger charge is -2.10. The molecular formula is C11H8F3NO4. The van der Waals surface area contributed by atoms with Crippen LogP contribution in [0.25, 0.3) is 0 Å². The van der Waals surface area contributed by atoms with Crippen molar-refractivity contribution in [2.45, 2.75) is 0 Å². The van der Waals surface area contributed by atoms with Crippen molar-refractivity contribution in [3.8, 4) is 5.75 Å². The summed E-state index contributed by atoms with van der Waals surface area (Å²) < 4.78 is 40.0. The first kappa shape index (κ1) is 14.6. The number of phenols is 1. The topological polar surface area (TPSA) is 86.6 Å². The van der Waals surface area contributed by atoms with Crippen LogP contribution in [0.3, 0.4) is 0 Å². The molecule has 0 atom stereocenters. The Morgan fingerprint density at radius 3 is 2.21 bits per heavy atom. The van der Waals surface area contributed by atoms with Gasteiger partial charge in [0.2, 0.25) is 5.82 Å². The Labute approximate surface area is 105 Å². The van der Waals surface area contributed by atoms with Crippen LogP contribution in [0.2, 0.25) is 0 Å². The van der Waals surface area contributed by atoms with E-state index in [1.165, 1.54) is 6.08 Å². The van der Waals surface area contributed by atoms with Crippen LogP contribution in [0.15, 0.2) is 12.7 Å². The Balaban J connectivity index is 3.56. The number of carbonyl (C=O) groups excluding carboxylic acids is 1. The summed E-state index contributed by atoms with van der Waals surface area (Å²) in [6, 6.07) is 0. The molecule has 0 unspecified atom stereocenters. The van der Waals surface area contributed by atoms with Gasteiger partial charge in [0.25, 0.3) is 5.91 Å². The van der Waals surface area contributed by atoms with E-state index in [-0.39, 0.29) is 6.54 Å². The normalized spacial score (nSPS) is 10.1. The first-order valence-corrected chi connectivity index (χ1v) is 4.84. The van der Waals surface area contributed by atoms with Gasteiger partial charge in [-0.15, -0.1) is 6.58 Å². The minimum Gasteiger partial charge on any atom is -0.503 e. The highest BCUT2D eigenvalue weighted by Gasteiger charge is 2.32. The first-order valence-electron chi connectivity index (χ1n) is 4.84. The minimum absolute atomic E-state index is 0.165. The smallest absolute Gasteiger partial charge is 0.339 e.